The Kier molecular flexibility index (Phi) is 4.43. The summed E-state index contributed by atoms with van der Waals surface area (Å²) < 4.78 is 4.82. The highest BCUT2D eigenvalue weighted by Crippen LogP contribution is 2.20. The number of carbonyl (C=O) groups excluding carboxylic acids is 1. The van der Waals surface area contributed by atoms with Crippen LogP contribution < -0.4 is 5.73 Å². The quantitative estimate of drug-likeness (QED) is 0.635. The molecule has 15 heavy (non-hydrogen) atoms. The second kappa shape index (κ2) is 5.61. The van der Waals surface area contributed by atoms with Gasteiger partial charge in [-0.05, 0) is 31.0 Å². The number of carbonyl (C=O) groups is 1. The zero-order valence-electron chi connectivity index (χ0n) is 8.63. The number of hydrogen-bond donors (Lipinski definition) is 1. The molecule has 1 aromatic rings. The van der Waals surface area contributed by atoms with Crippen molar-refractivity contribution in [1.29, 1.82) is 0 Å². The fourth-order valence-corrected chi connectivity index (χ4v) is 1.41. The molecule has 0 saturated carbocycles. The summed E-state index contributed by atoms with van der Waals surface area (Å²) in [4.78, 5) is 11.1. The Hall–Kier alpha value is -1.22. The SMILES string of the molecule is CCOC(=O)CCc1ccc(N)c(Cl)c1. The number of ether oxygens (including phenoxy) is 1. The standard InChI is InChI=1S/C11H14ClNO2/c1-2-15-11(14)6-4-8-3-5-10(13)9(12)7-8/h3,5,7H,2,4,6,13H2,1H3. The van der Waals surface area contributed by atoms with Crippen molar-refractivity contribution in [2.45, 2.75) is 19.8 Å². The van der Waals surface area contributed by atoms with Gasteiger partial charge in [0.25, 0.3) is 0 Å². The smallest absolute Gasteiger partial charge is 0.306 e. The van der Waals surface area contributed by atoms with E-state index in [2.05, 4.69) is 0 Å². The van der Waals surface area contributed by atoms with Crippen molar-refractivity contribution < 1.29 is 9.53 Å². The van der Waals surface area contributed by atoms with Crippen LogP contribution in [0.2, 0.25) is 5.02 Å². The van der Waals surface area contributed by atoms with E-state index in [4.69, 9.17) is 22.1 Å². The van der Waals surface area contributed by atoms with Gasteiger partial charge in [-0.25, -0.2) is 0 Å². The molecular formula is C11H14ClNO2. The van der Waals surface area contributed by atoms with Gasteiger partial charge in [-0.2, -0.15) is 0 Å². The number of nitrogen functional groups attached to an aromatic ring is 1. The lowest BCUT2D eigenvalue weighted by Gasteiger charge is -2.04. The molecular weight excluding hydrogens is 214 g/mol. The second-order valence-electron chi connectivity index (χ2n) is 3.16. The number of esters is 1. The van der Waals surface area contributed by atoms with Gasteiger partial charge in [0.1, 0.15) is 0 Å². The van der Waals surface area contributed by atoms with Gasteiger partial charge in [-0.1, -0.05) is 17.7 Å². The zero-order valence-corrected chi connectivity index (χ0v) is 9.38. The summed E-state index contributed by atoms with van der Waals surface area (Å²) in [6, 6.07) is 5.37. The van der Waals surface area contributed by atoms with E-state index in [0.717, 1.165) is 5.56 Å². The molecule has 2 N–H and O–H groups in total. The summed E-state index contributed by atoms with van der Waals surface area (Å²) in [5.41, 5.74) is 7.11. The number of benzene rings is 1. The van der Waals surface area contributed by atoms with Crippen LogP contribution in [-0.2, 0) is 16.0 Å². The van der Waals surface area contributed by atoms with Gasteiger partial charge in [0, 0.05) is 6.42 Å². The van der Waals surface area contributed by atoms with Crippen LogP contribution in [0.1, 0.15) is 18.9 Å². The molecule has 0 radical (unpaired) electrons. The number of rotatable bonds is 4. The first-order chi connectivity index (χ1) is 7.13. The average Bonchev–Trinajstić information content (AvgIpc) is 2.20. The first kappa shape index (κ1) is 11.9. The minimum absolute atomic E-state index is 0.189. The van der Waals surface area contributed by atoms with E-state index >= 15 is 0 Å². The number of halogens is 1. The Bertz CT molecular complexity index is 352. The van der Waals surface area contributed by atoms with Crippen LogP contribution >= 0.6 is 11.6 Å². The highest BCUT2D eigenvalue weighted by atomic mass is 35.5. The molecule has 0 heterocycles. The van der Waals surface area contributed by atoms with E-state index in [0.29, 0.717) is 30.2 Å². The Labute approximate surface area is 94.2 Å². The van der Waals surface area contributed by atoms with E-state index in [1.807, 2.05) is 6.07 Å². The second-order valence-corrected chi connectivity index (χ2v) is 3.57. The molecule has 4 heteroatoms. The van der Waals surface area contributed by atoms with E-state index in [1.54, 1.807) is 19.1 Å². The van der Waals surface area contributed by atoms with Crippen molar-refractivity contribution in [3.05, 3.63) is 28.8 Å². The highest BCUT2D eigenvalue weighted by molar-refractivity contribution is 6.33. The van der Waals surface area contributed by atoms with E-state index in [9.17, 15) is 4.79 Å². The third-order valence-corrected chi connectivity index (χ3v) is 2.32. The Morgan fingerprint density at radius 2 is 2.27 bits per heavy atom. The largest absolute Gasteiger partial charge is 0.466 e. The van der Waals surface area contributed by atoms with Crippen LogP contribution in [0, 0.1) is 0 Å². The van der Waals surface area contributed by atoms with Crippen molar-refractivity contribution in [2.24, 2.45) is 0 Å². The summed E-state index contributed by atoms with van der Waals surface area (Å²) in [5, 5.41) is 0.524. The molecule has 82 valence electrons. The molecule has 0 aliphatic rings. The third kappa shape index (κ3) is 3.80. The van der Waals surface area contributed by atoms with E-state index in [1.165, 1.54) is 0 Å². The monoisotopic (exact) mass is 227 g/mol. The summed E-state index contributed by atoms with van der Waals surface area (Å²) >= 11 is 5.85. The molecule has 0 amide bonds. The van der Waals surface area contributed by atoms with E-state index < -0.39 is 0 Å². The molecule has 0 aromatic heterocycles. The molecule has 0 aliphatic carbocycles. The van der Waals surface area contributed by atoms with Crippen LogP contribution in [0.3, 0.4) is 0 Å². The van der Waals surface area contributed by atoms with Crippen LogP contribution in [-0.4, -0.2) is 12.6 Å². The number of nitrogens with two attached hydrogens (primary N) is 1. The average molecular weight is 228 g/mol. The maximum absolute atomic E-state index is 11.1. The molecule has 0 atom stereocenters. The fraction of sp³-hybridized carbons (Fsp3) is 0.364. The van der Waals surface area contributed by atoms with Gasteiger partial charge in [0.2, 0.25) is 0 Å². The minimum Gasteiger partial charge on any atom is -0.466 e. The number of aryl methyl sites for hydroxylation is 1. The lowest BCUT2D eigenvalue weighted by Crippen LogP contribution is -2.05. The lowest BCUT2D eigenvalue weighted by atomic mass is 10.1. The maximum Gasteiger partial charge on any atom is 0.306 e. The Balaban J connectivity index is 2.51. The predicted molar refractivity (Wildman–Crippen MR) is 60.8 cm³/mol. The number of anilines is 1. The summed E-state index contributed by atoms with van der Waals surface area (Å²) in [6.07, 6.45) is 0.993. The molecule has 3 nitrogen and oxygen atoms in total. The van der Waals surface area contributed by atoms with Gasteiger partial charge in [-0.15, -0.1) is 0 Å². The van der Waals surface area contributed by atoms with Gasteiger partial charge in [0.05, 0.1) is 17.3 Å². The van der Waals surface area contributed by atoms with Crippen molar-refractivity contribution in [1.82, 2.24) is 0 Å². The molecule has 0 fully saturated rings. The van der Waals surface area contributed by atoms with Crippen molar-refractivity contribution in [3.8, 4) is 0 Å². The minimum atomic E-state index is -0.189. The van der Waals surface area contributed by atoms with Gasteiger partial charge >= 0.3 is 5.97 Å². The molecule has 1 rings (SSSR count). The van der Waals surface area contributed by atoms with Crippen molar-refractivity contribution >= 4 is 23.3 Å². The van der Waals surface area contributed by atoms with Crippen molar-refractivity contribution in [2.75, 3.05) is 12.3 Å². The van der Waals surface area contributed by atoms with Gasteiger partial charge in [-0.3, -0.25) is 4.79 Å². The summed E-state index contributed by atoms with van der Waals surface area (Å²) in [6.45, 7) is 2.21. The first-order valence-corrected chi connectivity index (χ1v) is 5.20. The zero-order chi connectivity index (χ0) is 11.3. The summed E-state index contributed by atoms with van der Waals surface area (Å²) in [7, 11) is 0. The maximum atomic E-state index is 11.1. The first-order valence-electron chi connectivity index (χ1n) is 4.83. The molecule has 0 bridgehead atoms. The molecule has 0 aliphatic heterocycles. The van der Waals surface area contributed by atoms with Crippen LogP contribution in [0.5, 0.6) is 0 Å². The predicted octanol–water partition coefficient (Wildman–Crippen LogP) is 2.42. The van der Waals surface area contributed by atoms with Gasteiger partial charge < -0.3 is 10.5 Å². The molecule has 0 saturated heterocycles. The topological polar surface area (TPSA) is 52.3 Å². The van der Waals surface area contributed by atoms with Crippen LogP contribution in [0.25, 0.3) is 0 Å². The van der Waals surface area contributed by atoms with Crippen molar-refractivity contribution in [3.63, 3.8) is 0 Å². The molecule has 0 spiro atoms. The molecule has 1 aromatic carbocycles. The van der Waals surface area contributed by atoms with Gasteiger partial charge in [0.15, 0.2) is 0 Å². The van der Waals surface area contributed by atoms with E-state index in [-0.39, 0.29) is 5.97 Å². The molecule has 0 unspecified atom stereocenters. The lowest BCUT2D eigenvalue weighted by molar-refractivity contribution is -0.143. The highest BCUT2D eigenvalue weighted by Gasteiger charge is 2.03. The number of hydrogen-bond acceptors (Lipinski definition) is 3. The fourth-order valence-electron chi connectivity index (χ4n) is 1.21. The third-order valence-electron chi connectivity index (χ3n) is 1.99. The Morgan fingerprint density at radius 3 is 2.87 bits per heavy atom. The van der Waals surface area contributed by atoms with Crippen LogP contribution in [0.15, 0.2) is 18.2 Å². The Morgan fingerprint density at radius 1 is 1.53 bits per heavy atom. The van der Waals surface area contributed by atoms with Crippen LogP contribution in [0.4, 0.5) is 5.69 Å². The normalized spacial score (nSPS) is 10.0. The summed E-state index contributed by atoms with van der Waals surface area (Å²) in [5.74, 6) is -0.189.